The van der Waals surface area contributed by atoms with Crippen LogP contribution >= 0.6 is 0 Å². The molecule has 0 saturated carbocycles. The normalized spacial score (nSPS) is 12.3. The average molecular weight is 412 g/mol. The van der Waals surface area contributed by atoms with Crippen molar-refractivity contribution in [3.63, 3.8) is 0 Å². The zero-order valence-electron chi connectivity index (χ0n) is 17.3. The number of ether oxygens (including phenoxy) is 1. The van der Waals surface area contributed by atoms with E-state index in [1.54, 1.807) is 12.1 Å². The molecule has 1 N–H and O–H groups in total. The molecule has 1 aromatic carbocycles. The van der Waals surface area contributed by atoms with E-state index in [2.05, 4.69) is 5.32 Å². The molecule has 0 saturated heterocycles. The van der Waals surface area contributed by atoms with Crippen LogP contribution in [0.25, 0.3) is 0 Å². The van der Waals surface area contributed by atoms with E-state index in [0.29, 0.717) is 24.6 Å². The molecule has 29 heavy (non-hydrogen) atoms. The van der Waals surface area contributed by atoms with Crippen molar-refractivity contribution in [1.82, 2.24) is 5.32 Å². The Morgan fingerprint density at radius 3 is 2.62 bits per heavy atom. The van der Waals surface area contributed by atoms with Gasteiger partial charge in [0, 0.05) is 19.2 Å². The predicted octanol–water partition coefficient (Wildman–Crippen LogP) is 6.06. The minimum absolute atomic E-state index is 0.0755. The molecule has 0 aliphatic heterocycles. The monoisotopic (exact) mass is 411 g/mol. The molecule has 1 amide bonds. The fourth-order valence-electron chi connectivity index (χ4n) is 2.53. The predicted molar refractivity (Wildman–Crippen MR) is 110 cm³/mol. The van der Waals surface area contributed by atoms with E-state index in [1.165, 1.54) is 12.1 Å². The van der Waals surface area contributed by atoms with Crippen LogP contribution in [0.5, 0.6) is 0 Å². The van der Waals surface area contributed by atoms with Gasteiger partial charge in [-0.25, -0.2) is 0 Å². The van der Waals surface area contributed by atoms with E-state index in [-0.39, 0.29) is 12.5 Å². The zero-order chi connectivity index (χ0) is 21.5. The second-order valence-corrected chi connectivity index (χ2v) is 7.38. The Bertz CT molecular complexity index is 652. The average Bonchev–Trinajstić information content (AvgIpc) is 2.66. The molecule has 0 atom stereocenters. The van der Waals surface area contributed by atoms with Crippen molar-refractivity contribution in [1.29, 1.82) is 0 Å². The van der Waals surface area contributed by atoms with Crippen LogP contribution in [0, 0.1) is 5.92 Å². The van der Waals surface area contributed by atoms with Gasteiger partial charge in [-0.1, -0.05) is 57.0 Å². The number of alkyl halides is 3. The van der Waals surface area contributed by atoms with Crippen molar-refractivity contribution in [3.8, 4) is 0 Å². The Balaban J connectivity index is 2.03. The van der Waals surface area contributed by atoms with E-state index in [1.807, 2.05) is 26.0 Å². The summed E-state index contributed by atoms with van der Waals surface area (Å²) in [6, 6.07) is 5.25. The molecule has 6 heteroatoms. The van der Waals surface area contributed by atoms with Crippen molar-refractivity contribution < 1.29 is 22.7 Å². The molecular formula is C23H32F3NO2. The van der Waals surface area contributed by atoms with Gasteiger partial charge in [-0.15, -0.1) is 0 Å². The Labute approximate surface area is 172 Å². The number of carbonyl (C=O) groups excluding carboxylic acids is 1. The number of halogens is 3. The van der Waals surface area contributed by atoms with Crippen LogP contribution in [-0.2, 0) is 22.3 Å². The number of rotatable bonds is 13. The first-order valence-corrected chi connectivity index (χ1v) is 10.1. The smallest absolute Gasteiger partial charge is 0.377 e. The minimum atomic E-state index is -4.32. The largest absolute Gasteiger partial charge is 0.416 e. The number of benzene rings is 1. The Hall–Kier alpha value is -2.08. The summed E-state index contributed by atoms with van der Waals surface area (Å²) in [4.78, 5) is 11.5. The third-order valence-corrected chi connectivity index (χ3v) is 4.11. The first-order valence-electron chi connectivity index (χ1n) is 10.1. The molecule has 0 bridgehead atoms. The molecular weight excluding hydrogens is 379 g/mol. The van der Waals surface area contributed by atoms with Gasteiger partial charge in [0.05, 0.1) is 12.2 Å². The summed E-state index contributed by atoms with van der Waals surface area (Å²) < 4.78 is 43.4. The summed E-state index contributed by atoms with van der Waals surface area (Å²) in [5, 5.41) is 2.82. The van der Waals surface area contributed by atoms with Gasteiger partial charge >= 0.3 is 6.18 Å². The highest BCUT2D eigenvalue weighted by molar-refractivity contribution is 5.87. The van der Waals surface area contributed by atoms with Crippen LogP contribution < -0.4 is 5.32 Å². The maximum Gasteiger partial charge on any atom is 0.416 e. The second-order valence-electron chi connectivity index (χ2n) is 7.38. The number of hydrogen-bond donors (Lipinski definition) is 1. The fourth-order valence-corrected chi connectivity index (χ4v) is 2.53. The molecule has 0 aliphatic carbocycles. The lowest BCUT2D eigenvalue weighted by Crippen LogP contribution is -2.25. The number of hydrogen-bond acceptors (Lipinski definition) is 2. The van der Waals surface area contributed by atoms with Crippen LogP contribution in [0.4, 0.5) is 13.2 Å². The highest BCUT2D eigenvalue weighted by Crippen LogP contribution is 2.29. The highest BCUT2D eigenvalue weighted by Gasteiger charge is 2.30. The summed E-state index contributed by atoms with van der Waals surface area (Å²) in [6.07, 6.45) is 7.85. The van der Waals surface area contributed by atoms with Crippen molar-refractivity contribution in [2.24, 2.45) is 5.92 Å². The summed E-state index contributed by atoms with van der Waals surface area (Å²) in [5.74, 6) is 0.363. The van der Waals surface area contributed by atoms with Gasteiger partial charge in [-0.05, 0) is 42.9 Å². The van der Waals surface area contributed by atoms with Gasteiger partial charge in [0.15, 0.2) is 0 Å². The maximum absolute atomic E-state index is 12.7. The van der Waals surface area contributed by atoms with Gasteiger partial charge in [-0.2, -0.15) is 13.2 Å². The second kappa shape index (κ2) is 14.0. The van der Waals surface area contributed by atoms with Crippen molar-refractivity contribution in [2.75, 3.05) is 13.2 Å². The van der Waals surface area contributed by atoms with Crippen molar-refractivity contribution in [2.45, 2.75) is 58.7 Å². The molecule has 0 radical (unpaired) electrons. The van der Waals surface area contributed by atoms with Crippen molar-refractivity contribution >= 4 is 5.91 Å². The van der Waals surface area contributed by atoms with Crippen LogP contribution in [0.2, 0.25) is 0 Å². The van der Waals surface area contributed by atoms with Crippen LogP contribution in [0.1, 0.15) is 57.1 Å². The number of carbonyl (C=O) groups is 1. The number of amides is 1. The summed E-state index contributed by atoms with van der Waals surface area (Å²) >= 11 is 0. The molecule has 0 aliphatic rings. The van der Waals surface area contributed by atoms with Gasteiger partial charge in [0.2, 0.25) is 5.91 Å². The lowest BCUT2D eigenvalue weighted by atomic mass is 10.1. The van der Waals surface area contributed by atoms with Gasteiger partial charge < -0.3 is 10.1 Å². The number of unbranched alkanes of at least 4 members (excludes halogenated alkanes) is 4. The van der Waals surface area contributed by atoms with Gasteiger partial charge in [0.25, 0.3) is 0 Å². The topological polar surface area (TPSA) is 38.3 Å². The summed E-state index contributed by atoms with van der Waals surface area (Å²) in [7, 11) is 0. The maximum atomic E-state index is 12.7. The summed E-state index contributed by atoms with van der Waals surface area (Å²) in [5.41, 5.74) is -0.103. The van der Waals surface area contributed by atoms with E-state index in [4.69, 9.17) is 4.74 Å². The quantitative estimate of drug-likeness (QED) is 0.243. The molecule has 1 aromatic rings. The van der Waals surface area contributed by atoms with Crippen LogP contribution in [0.15, 0.2) is 48.6 Å². The van der Waals surface area contributed by atoms with Gasteiger partial charge in [-0.3, -0.25) is 4.79 Å². The lowest BCUT2D eigenvalue weighted by molar-refractivity contribution is -0.137. The number of nitrogens with one attached hydrogen (secondary N) is 1. The third-order valence-electron chi connectivity index (χ3n) is 4.11. The SMILES string of the molecule is CC(C)CNC(=O)/C=C/C=C/CCCCCCOCc1cccc(C(F)(F)F)c1. The first kappa shape index (κ1) is 25.0. The third kappa shape index (κ3) is 12.9. The Morgan fingerprint density at radius 2 is 1.90 bits per heavy atom. The zero-order valence-corrected chi connectivity index (χ0v) is 17.3. The first-order chi connectivity index (χ1) is 13.8. The van der Waals surface area contributed by atoms with Crippen LogP contribution in [-0.4, -0.2) is 19.1 Å². The lowest BCUT2D eigenvalue weighted by Gasteiger charge is -2.09. The molecule has 0 unspecified atom stereocenters. The molecule has 0 spiro atoms. The standard InChI is InChI=1S/C23H32F3NO2/c1-19(2)17-27-22(28)14-9-7-5-3-4-6-8-10-15-29-18-20-12-11-13-21(16-20)23(24,25)26/h5,7,9,11-14,16,19H,3-4,6,8,10,15,17-18H2,1-2H3,(H,27,28)/b7-5+,14-9+. The Morgan fingerprint density at radius 1 is 1.14 bits per heavy atom. The van der Waals surface area contributed by atoms with E-state index in [9.17, 15) is 18.0 Å². The Kier molecular flexibility index (Phi) is 12.0. The molecule has 162 valence electrons. The molecule has 0 heterocycles. The van der Waals surface area contributed by atoms with Crippen molar-refractivity contribution in [3.05, 3.63) is 59.7 Å². The summed E-state index contributed by atoms with van der Waals surface area (Å²) in [6.45, 7) is 5.51. The highest BCUT2D eigenvalue weighted by atomic mass is 19.4. The van der Waals surface area contributed by atoms with E-state index in [0.717, 1.165) is 44.2 Å². The minimum Gasteiger partial charge on any atom is -0.377 e. The molecule has 0 aromatic heterocycles. The number of allylic oxidation sites excluding steroid dienone is 3. The molecule has 1 rings (SSSR count). The molecule has 3 nitrogen and oxygen atoms in total. The van der Waals surface area contributed by atoms with E-state index < -0.39 is 11.7 Å². The van der Waals surface area contributed by atoms with Gasteiger partial charge in [0.1, 0.15) is 0 Å². The van der Waals surface area contributed by atoms with E-state index >= 15 is 0 Å². The molecule has 0 fully saturated rings. The van der Waals surface area contributed by atoms with Crippen LogP contribution in [0.3, 0.4) is 0 Å². The fraction of sp³-hybridized carbons (Fsp3) is 0.522.